The van der Waals surface area contributed by atoms with E-state index in [2.05, 4.69) is 5.32 Å². The lowest BCUT2D eigenvalue weighted by Crippen LogP contribution is -2.49. The molecule has 0 radical (unpaired) electrons. The quantitative estimate of drug-likeness (QED) is 0.415. The van der Waals surface area contributed by atoms with Crippen LogP contribution in [0.1, 0.15) is 45.6 Å². The van der Waals surface area contributed by atoms with Gasteiger partial charge in [0.15, 0.2) is 0 Å². The molecule has 0 heterocycles. The summed E-state index contributed by atoms with van der Waals surface area (Å²) in [6, 6.07) is 13.0. The van der Waals surface area contributed by atoms with Crippen LogP contribution < -0.4 is 9.62 Å². The number of amides is 2. The summed E-state index contributed by atoms with van der Waals surface area (Å²) in [5.41, 5.74) is 1.16. The maximum absolute atomic E-state index is 13.3. The van der Waals surface area contributed by atoms with Gasteiger partial charge in [-0.3, -0.25) is 13.9 Å². The molecule has 0 unspecified atom stereocenters. The second-order valence-electron chi connectivity index (χ2n) is 8.53. The maximum atomic E-state index is 13.3. The predicted octanol–water partition coefficient (Wildman–Crippen LogP) is 4.87. The minimum absolute atomic E-state index is 0.0248. The number of benzene rings is 2. The Hall–Kier alpha value is -2.29. The standard InChI is InChI=1S/C25H33Cl2N3O4S/c1-5-18(2)28-25(32)19(3)29(17-20-10-6-7-13-23(20)27)24(31)14-9-15-30(35(4,33)34)22-12-8-11-21(26)16-22/h6-8,10-13,16,18-19H,5,9,14-15,17H2,1-4H3,(H,28,32)/t18-,19+/m1/s1. The third-order valence-corrected chi connectivity index (χ3v) is 7.51. The summed E-state index contributed by atoms with van der Waals surface area (Å²) in [4.78, 5) is 27.6. The molecule has 0 aliphatic heterocycles. The van der Waals surface area contributed by atoms with Gasteiger partial charge in [0.25, 0.3) is 0 Å². The minimum atomic E-state index is -3.59. The fraction of sp³-hybridized carbons (Fsp3) is 0.440. The Balaban J connectivity index is 2.19. The average molecular weight is 543 g/mol. The maximum Gasteiger partial charge on any atom is 0.242 e. The van der Waals surface area contributed by atoms with Crippen LogP contribution in [0.5, 0.6) is 0 Å². The number of nitrogens with one attached hydrogen (secondary N) is 1. The number of carbonyl (C=O) groups is 2. The third kappa shape index (κ3) is 8.70. The SMILES string of the molecule is CC[C@@H](C)NC(=O)[C@H](C)N(Cc1ccccc1Cl)C(=O)CCCN(c1cccc(Cl)c1)S(C)(=O)=O. The molecular weight excluding hydrogens is 509 g/mol. The zero-order valence-corrected chi connectivity index (χ0v) is 22.8. The molecule has 10 heteroatoms. The molecule has 2 aromatic carbocycles. The van der Waals surface area contributed by atoms with E-state index in [-0.39, 0.29) is 43.8 Å². The lowest BCUT2D eigenvalue weighted by Gasteiger charge is -2.30. The molecule has 2 amide bonds. The van der Waals surface area contributed by atoms with Gasteiger partial charge >= 0.3 is 0 Å². The highest BCUT2D eigenvalue weighted by atomic mass is 35.5. The van der Waals surface area contributed by atoms with Gasteiger partial charge in [-0.1, -0.05) is 54.4 Å². The van der Waals surface area contributed by atoms with Crippen molar-refractivity contribution in [1.82, 2.24) is 10.2 Å². The number of carbonyl (C=O) groups excluding carboxylic acids is 2. The lowest BCUT2D eigenvalue weighted by atomic mass is 10.1. The van der Waals surface area contributed by atoms with Crippen molar-refractivity contribution >= 4 is 50.7 Å². The second-order valence-corrected chi connectivity index (χ2v) is 11.3. The molecule has 0 aliphatic rings. The van der Waals surface area contributed by atoms with Gasteiger partial charge in [0.2, 0.25) is 21.8 Å². The second kappa shape index (κ2) is 13.1. The van der Waals surface area contributed by atoms with Crippen molar-refractivity contribution in [2.75, 3.05) is 17.1 Å². The molecule has 7 nitrogen and oxygen atoms in total. The Morgan fingerprint density at radius 2 is 1.74 bits per heavy atom. The zero-order chi connectivity index (χ0) is 26.2. The van der Waals surface area contributed by atoms with E-state index in [0.717, 1.165) is 18.2 Å². The Morgan fingerprint density at radius 3 is 2.34 bits per heavy atom. The normalized spacial score (nSPS) is 13.1. The zero-order valence-electron chi connectivity index (χ0n) is 20.5. The van der Waals surface area contributed by atoms with Crippen LogP contribution in [0.2, 0.25) is 10.0 Å². The number of sulfonamides is 1. The summed E-state index contributed by atoms with van der Waals surface area (Å²) in [6.45, 7) is 5.81. The van der Waals surface area contributed by atoms with Gasteiger partial charge < -0.3 is 10.2 Å². The largest absolute Gasteiger partial charge is 0.352 e. The highest BCUT2D eigenvalue weighted by Crippen LogP contribution is 2.23. The molecule has 0 saturated heterocycles. The fourth-order valence-electron chi connectivity index (χ4n) is 3.49. The van der Waals surface area contributed by atoms with Crippen molar-refractivity contribution in [3.63, 3.8) is 0 Å². The van der Waals surface area contributed by atoms with E-state index in [1.165, 1.54) is 9.21 Å². The summed E-state index contributed by atoms with van der Waals surface area (Å²) in [5, 5.41) is 3.84. The van der Waals surface area contributed by atoms with Gasteiger partial charge in [-0.2, -0.15) is 0 Å². The van der Waals surface area contributed by atoms with E-state index in [9.17, 15) is 18.0 Å². The number of nitrogens with zero attached hydrogens (tertiary/aromatic N) is 2. The molecule has 2 aromatic rings. The van der Waals surface area contributed by atoms with Gasteiger partial charge in [0.1, 0.15) is 6.04 Å². The van der Waals surface area contributed by atoms with Gasteiger partial charge in [0, 0.05) is 35.6 Å². The van der Waals surface area contributed by atoms with E-state index in [1.54, 1.807) is 43.3 Å². The topological polar surface area (TPSA) is 86.8 Å². The van der Waals surface area contributed by atoms with Crippen molar-refractivity contribution in [1.29, 1.82) is 0 Å². The highest BCUT2D eigenvalue weighted by Gasteiger charge is 2.27. The summed E-state index contributed by atoms with van der Waals surface area (Å²) in [7, 11) is -3.59. The minimum Gasteiger partial charge on any atom is -0.352 e. The van der Waals surface area contributed by atoms with Crippen molar-refractivity contribution in [2.24, 2.45) is 0 Å². The predicted molar refractivity (Wildman–Crippen MR) is 142 cm³/mol. The fourth-order valence-corrected chi connectivity index (χ4v) is 4.83. The van der Waals surface area contributed by atoms with Gasteiger partial charge in [-0.05, 0) is 56.5 Å². The summed E-state index contributed by atoms with van der Waals surface area (Å²) in [5.74, 6) is -0.521. The van der Waals surface area contributed by atoms with Crippen LogP contribution in [0.4, 0.5) is 5.69 Å². The molecule has 35 heavy (non-hydrogen) atoms. The van der Waals surface area contributed by atoms with Crippen molar-refractivity contribution in [3.8, 4) is 0 Å². The first-order valence-corrected chi connectivity index (χ1v) is 14.1. The van der Waals surface area contributed by atoms with Gasteiger partial charge in [-0.25, -0.2) is 8.42 Å². The van der Waals surface area contributed by atoms with E-state index in [4.69, 9.17) is 23.2 Å². The van der Waals surface area contributed by atoms with E-state index < -0.39 is 16.1 Å². The van der Waals surface area contributed by atoms with Crippen LogP contribution in [-0.2, 0) is 26.2 Å². The summed E-state index contributed by atoms with van der Waals surface area (Å²) < 4.78 is 26.0. The smallest absolute Gasteiger partial charge is 0.242 e. The monoisotopic (exact) mass is 541 g/mol. The van der Waals surface area contributed by atoms with Crippen LogP contribution in [0.15, 0.2) is 48.5 Å². The first-order chi connectivity index (χ1) is 16.4. The van der Waals surface area contributed by atoms with E-state index >= 15 is 0 Å². The van der Waals surface area contributed by atoms with Crippen LogP contribution >= 0.6 is 23.2 Å². The van der Waals surface area contributed by atoms with Gasteiger partial charge in [-0.15, -0.1) is 0 Å². The third-order valence-electron chi connectivity index (χ3n) is 5.72. The molecule has 0 bridgehead atoms. The molecule has 2 atom stereocenters. The van der Waals surface area contributed by atoms with Crippen LogP contribution in [0.3, 0.4) is 0 Å². The number of halogens is 2. The van der Waals surface area contributed by atoms with Crippen LogP contribution in [0.25, 0.3) is 0 Å². The number of rotatable bonds is 12. The Bertz CT molecular complexity index is 1130. The Labute approximate surface area is 218 Å². The number of hydrogen-bond donors (Lipinski definition) is 1. The van der Waals surface area contributed by atoms with Crippen molar-refractivity contribution in [3.05, 3.63) is 64.1 Å². The van der Waals surface area contributed by atoms with E-state index in [0.29, 0.717) is 15.7 Å². The summed E-state index contributed by atoms with van der Waals surface area (Å²) >= 11 is 12.4. The van der Waals surface area contributed by atoms with Crippen LogP contribution in [-0.4, -0.2) is 50.0 Å². The molecule has 1 N–H and O–H groups in total. The van der Waals surface area contributed by atoms with Crippen LogP contribution in [0, 0.1) is 0 Å². The molecule has 0 fully saturated rings. The molecule has 192 valence electrons. The first-order valence-electron chi connectivity index (χ1n) is 11.5. The van der Waals surface area contributed by atoms with Gasteiger partial charge in [0.05, 0.1) is 11.9 Å². The Kier molecular flexibility index (Phi) is 10.9. The number of anilines is 1. The molecule has 0 saturated carbocycles. The van der Waals surface area contributed by atoms with Crippen molar-refractivity contribution < 1.29 is 18.0 Å². The molecule has 0 aliphatic carbocycles. The lowest BCUT2D eigenvalue weighted by molar-refractivity contribution is -0.140. The highest BCUT2D eigenvalue weighted by molar-refractivity contribution is 7.92. The molecular formula is C25H33Cl2N3O4S. The Morgan fingerprint density at radius 1 is 1.06 bits per heavy atom. The van der Waals surface area contributed by atoms with E-state index in [1.807, 2.05) is 26.0 Å². The number of hydrogen-bond acceptors (Lipinski definition) is 4. The van der Waals surface area contributed by atoms with Crippen molar-refractivity contribution in [2.45, 2.75) is 58.7 Å². The summed E-state index contributed by atoms with van der Waals surface area (Å²) in [6.07, 6.45) is 2.19. The molecule has 0 aromatic heterocycles. The molecule has 0 spiro atoms. The molecule has 2 rings (SSSR count). The first kappa shape index (κ1) is 28.9. The average Bonchev–Trinajstić information content (AvgIpc) is 2.79.